The summed E-state index contributed by atoms with van der Waals surface area (Å²) in [6.45, 7) is 12.4. The van der Waals surface area contributed by atoms with Gasteiger partial charge in [0.1, 0.15) is 17.9 Å². The van der Waals surface area contributed by atoms with E-state index in [0.29, 0.717) is 44.5 Å². The third-order valence-electron chi connectivity index (χ3n) is 11.7. The molecule has 2 heterocycles. The molecular weight excluding hydrogens is 837 g/mol. The van der Waals surface area contributed by atoms with Crippen LogP contribution < -0.4 is 31.7 Å². The van der Waals surface area contributed by atoms with Crippen LogP contribution in [0, 0.1) is 25.7 Å². The van der Waals surface area contributed by atoms with Crippen molar-refractivity contribution in [1.82, 2.24) is 36.1 Å². The summed E-state index contributed by atoms with van der Waals surface area (Å²) in [7, 11) is 0. The molecule has 1 aliphatic heterocycles. The minimum absolute atomic E-state index is 0.0396. The Morgan fingerprint density at radius 3 is 2.06 bits per heavy atom. The molecule has 1 saturated heterocycles. The lowest BCUT2D eigenvalue weighted by molar-refractivity contribution is -0.153. The van der Waals surface area contributed by atoms with E-state index in [0.717, 1.165) is 27.9 Å². The van der Waals surface area contributed by atoms with E-state index in [1.807, 2.05) is 120 Å². The third-order valence-corrected chi connectivity index (χ3v) is 11.7. The Bertz CT molecular complexity index is 2130. The Hall–Kier alpha value is -6.22. The average molecular weight is 907 g/mol. The van der Waals surface area contributed by atoms with Crippen LogP contribution >= 0.6 is 0 Å². The summed E-state index contributed by atoms with van der Waals surface area (Å²) in [5.74, 6) is -1.09. The van der Waals surface area contributed by atoms with Crippen LogP contribution in [0.25, 0.3) is 0 Å². The highest BCUT2D eigenvalue weighted by molar-refractivity contribution is 5.88. The number of aromatic amines is 1. The first kappa shape index (κ1) is 50.8. The maximum atomic E-state index is 14.5. The second kappa shape index (κ2) is 25.5. The standard InChI is InChI=1S/C51H70N8O7/c1-33(2)23-40(56-45(60)27-39(52)26-42-30-53-32-55-42)29-47(62)66-44(43(25-38-19-11-8-12-20-38)58-46(61)31-65-49-35(5)15-13-16-36(49)6)28-41(24-37-17-9-7-10-18-37)57-50(63)48(34(3)4)59-22-14-21-54-51(59)64/h7-13,15-20,30,32-34,39-41,43-44,48H,14,21-29,31,52H2,1-6H3,(H,53,55)(H,54,64)(H,56,60)(H,57,63)(H,58,61)/t39?,40?,41-,43-,44-,48-/m0/s1. The molecule has 5 amide bonds. The van der Waals surface area contributed by atoms with Gasteiger partial charge in [0.2, 0.25) is 11.8 Å². The number of aromatic nitrogens is 2. The van der Waals surface area contributed by atoms with Gasteiger partial charge in [-0.15, -0.1) is 0 Å². The first-order valence-corrected chi connectivity index (χ1v) is 23.3. The van der Waals surface area contributed by atoms with Crippen LogP contribution in [0.1, 0.15) is 87.7 Å². The van der Waals surface area contributed by atoms with Gasteiger partial charge >= 0.3 is 12.0 Å². The molecular formula is C51H70N8O7. The predicted molar refractivity (Wildman–Crippen MR) is 254 cm³/mol. The third kappa shape index (κ3) is 16.3. The van der Waals surface area contributed by atoms with E-state index in [9.17, 15) is 24.0 Å². The van der Waals surface area contributed by atoms with Crippen molar-refractivity contribution >= 4 is 29.7 Å². The number of esters is 1. The van der Waals surface area contributed by atoms with Crippen LogP contribution in [-0.4, -0.2) is 101 Å². The highest BCUT2D eigenvalue weighted by atomic mass is 16.5. The van der Waals surface area contributed by atoms with E-state index < -0.39 is 48.2 Å². The molecule has 0 spiro atoms. The van der Waals surface area contributed by atoms with E-state index in [-0.39, 0.29) is 62.0 Å². The van der Waals surface area contributed by atoms with E-state index in [1.54, 1.807) is 17.4 Å². The molecule has 1 aliphatic rings. The fraction of sp³-hybridized carbons (Fsp3) is 0.490. The first-order valence-electron chi connectivity index (χ1n) is 23.3. The topological polar surface area (TPSA) is 210 Å². The second-order valence-electron chi connectivity index (χ2n) is 18.3. The van der Waals surface area contributed by atoms with Crippen molar-refractivity contribution in [3.8, 4) is 5.75 Å². The molecule has 1 aromatic heterocycles. The number of carbonyl (C=O) groups is 5. The zero-order valence-electron chi connectivity index (χ0n) is 39.4. The molecule has 0 bridgehead atoms. The smallest absolute Gasteiger partial charge is 0.318 e. The number of aryl methyl sites for hydroxylation is 2. The molecule has 5 rings (SSSR count). The Kier molecular flexibility index (Phi) is 19.6. The number of carbonyl (C=O) groups excluding carboxylic acids is 5. The number of H-pyrrole nitrogens is 1. The average Bonchev–Trinajstić information content (AvgIpc) is 3.77. The van der Waals surface area contributed by atoms with Gasteiger partial charge in [0.05, 0.1) is 18.8 Å². The van der Waals surface area contributed by atoms with Crippen LogP contribution in [0.5, 0.6) is 5.75 Å². The summed E-state index contributed by atoms with van der Waals surface area (Å²) in [5.41, 5.74) is 10.7. The van der Waals surface area contributed by atoms with E-state index in [4.69, 9.17) is 15.2 Å². The van der Waals surface area contributed by atoms with Gasteiger partial charge in [-0.25, -0.2) is 9.78 Å². The minimum atomic E-state index is -0.982. The van der Waals surface area contributed by atoms with E-state index in [1.165, 1.54) is 0 Å². The van der Waals surface area contributed by atoms with Gasteiger partial charge in [0.15, 0.2) is 6.61 Å². The van der Waals surface area contributed by atoms with Crippen molar-refractivity contribution in [2.45, 2.75) is 129 Å². The summed E-state index contributed by atoms with van der Waals surface area (Å²) in [6.07, 6.45) is 4.52. The number of rotatable bonds is 25. The Morgan fingerprint density at radius 2 is 1.45 bits per heavy atom. The number of imidazole rings is 1. The van der Waals surface area contributed by atoms with E-state index >= 15 is 0 Å². The molecule has 1 fully saturated rings. The quantitative estimate of drug-likeness (QED) is 0.0465. The summed E-state index contributed by atoms with van der Waals surface area (Å²) < 4.78 is 12.6. The SMILES string of the molecule is Cc1cccc(C)c1OCC(=O)N[C@@H](Cc1ccccc1)[C@H](C[C@H](Cc1ccccc1)NC(=O)[C@H](C(C)C)N1CCCNC1=O)OC(=O)CC(CC(C)C)NC(=O)CC(N)Cc1cnc[nH]1. The molecule has 4 aromatic rings. The summed E-state index contributed by atoms with van der Waals surface area (Å²) in [6, 6.07) is 21.5. The minimum Gasteiger partial charge on any atom is -0.483 e. The number of nitrogens with zero attached hydrogens (tertiary/aromatic N) is 2. The zero-order valence-corrected chi connectivity index (χ0v) is 39.4. The number of amides is 5. The molecule has 15 heteroatoms. The molecule has 0 radical (unpaired) electrons. The molecule has 3 aromatic carbocycles. The van der Waals surface area contributed by atoms with E-state index in [2.05, 4.69) is 31.2 Å². The second-order valence-corrected chi connectivity index (χ2v) is 18.3. The van der Waals surface area contributed by atoms with Crippen molar-refractivity contribution < 1.29 is 33.4 Å². The molecule has 66 heavy (non-hydrogen) atoms. The van der Waals surface area contributed by atoms with Crippen LogP contribution in [0.3, 0.4) is 0 Å². The molecule has 7 N–H and O–H groups in total. The molecule has 6 atom stereocenters. The summed E-state index contributed by atoms with van der Waals surface area (Å²) >= 11 is 0. The number of urea groups is 1. The van der Waals surface area contributed by atoms with Gasteiger partial charge < -0.3 is 46.4 Å². The van der Waals surface area contributed by atoms with Crippen molar-refractivity contribution in [3.63, 3.8) is 0 Å². The number of para-hydroxylation sites is 1. The maximum absolute atomic E-state index is 14.5. The Morgan fingerprint density at radius 1 is 0.788 bits per heavy atom. The normalized spacial score (nSPS) is 15.5. The number of nitrogens with two attached hydrogens (primary N) is 1. The summed E-state index contributed by atoms with van der Waals surface area (Å²) in [4.78, 5) is 78.0. The van der Waals surface area contributed by atoms with Crippen LogP contribution in [-0.2, 0) is 43.2 Å². The lowest BCUT2D eigenvalue weighted by Gasteiger charge is -2.37. The fourth-order valence-corrected chi connectivity index (χ4v) is 8.68. The largest absolute Gasteiger partial charge is 0.483 e. The zero-order chi connectivity index (χ0) is 47.6. The predicted octanol–water partition coefficient (Wildman–Crippen LogP) is 5.48. The van der Waals surface area contributed by atoms with Crippen molar-refractivity contribution in [1.29, 1.82) is 0 Å². The highest BCUT2D eigenvalue weighted by Gasteiger charge is 2.37. The van der Waals surface area contributed by atoms with Gasteiger partial charge in [-0.2, -0.15) is 0 Å². The number of ether oxygens (including phenoxy) is 2. The lowest BCUT2D eigenvalue weighted by atomic mass is 9.92. The molecule has 2 unspecified atom stereocenters. The number of hydrogen-bond acceptors (Lipinski definition) is 9. The maximum Gasteiger partial charge on any atom is 0.318 e. The number of nitrogens with one attached hydrogen (secondary N) is 5. The van der Waals surface area contributed by atoms with Gasteiger partial charge in [-0.3, -0.25) is 19.2 Å². The summed E-state index contributed by atoms with van der Waals surface area (Å²) in [5, 5.41) is 12.3. The van der Waals surface area contributed by atoms with Crippen molar-refractivity contribution in [2.75, 3.05) is 19.7 Å². The lowest BCUT2D eigenvalue weighted by Crippen LogP contribution is -2.59. The van der Waals surface area contributed by atoms with Gasteiger partial charge in [-0.05, 0) is 73.6 Å². The highest BCUT2D eigenvalue weighted by Crippen LogP contribution is 2.24. The van der Waals surface area contributed by atoms with Crippen LogP contribution in [0.4, 0.5) is 4.79 Å². The molecule has 356 valence electrons. The first-order chi connectivity index (χ1) is 31.6. The number of benzene rings is 3. The van der Waals surface area contributed by atoms with Crippen LogP contribution in [0.2, 0.25) is 0 Å². The Labute approximate surface area is 389 Å². The van der Waals surface area contributed by atoms with Crippen molar-refractivity contribution in [2.24, 2.45) is 17.6 Å². The van der Waals surface area contributed by atoms with Gasteiger partial charge in [0, 0.05) is 62.4 Å². The van der Waals surface area contributed by atoms with Gasteiger partial charge in [0.25, 0.3) is 5.91 Å². The molecule has 0 aliphatic carbocycles. The molecule has 15 nitrogen and oxygen atoms in total. The van der Waals surface area contributed by atoms with Crippen molar-refractivity contribution in [3.05, 3.63) is 119 Å². The molecule has 0 saturated carbocycles. The van der Waals surface area contributed by atoms with Gasteiger partial charge in [-0.1, -0.05) is 107 Å². The fourth-order valence-electron chi connectivity index (χ4n) is 8.68. The van der Waals surface area contributed by atoms with Crippen LogP contribution in [0.15, 0.2) is 91.4 Å². The monoisotopic (exact) mass is 907 g/mol. The number of hydrogen-bond donors (Lipinski definition) is 6. The Balaban J connectivity index is 1.46.